The maximum atomic E-state index is 12.1. The lowest BCUT2D eigenvalue weighted by Gasteiger charge is -2.34. The standard InChI is InChI=1S/C30H38N6O2S/c1-3-8-22-11-4-5-14-35(22)39-24-13-7-10-21(16-24)20-9-6-12-23(15-20)36-29(27(18-33-36)30(37)38)26-17-25(26)28(31)19-34(2)32/h6-7,9-10,12-13,15-16,18-19,22,25-26H,3-5,8,11,14,17,31-32H2,1-2H3,(H,37,38)/b28-19-/t22?,25?,26-/m1/s1. The van der Waals surface area contributed by atoms with Crippen molar-refractivity contribution < 1.29 is 9.90 Å². The largest absolute Gasteiger partial charge is 0.478 e. The number of nitrogens with zero attached hydrogens (tertiary/aromatic N) is 4. The third-order valence-corrected chi connectivity index (χ3v) is 8.82. The molecule has 2 unspecified atom stereocenters. The van der Waals surface area contributed by atoms with E-state index in [0.717, 1.165) is 29.8 Å². The van der Waals surface area contributed by atoms with E-state index in [2.05, 4.69) is 52.7 Å². The Hall–Kier alpha value is -3.27. The number of carbonyl (C=O) groups is 1. The summed E-state index contributed by atoms with van der Waals surface area (Å²) >= 11 is 1.87. The predicted molar refractivity (Wildman–Crippen MR) is 156 cm³/mol. The van der Waals surface area contributed by atoms with Gasteiger partial charge in [-0.1, -0.05) is 44.0 Å². The number of piperidine rings is 1. The Morgan fingerprint density at radius 1 is 1.21 bits per heavy atom. The zero-order chi connectivity index (χ0) is 27.5. The molecule has 206 valence electrons. The van der Waals surface area contributed by atoms with Crippen LogP contribution in [0.25, 0.3) is 16.8 Å². The summed E-state index contributed by atoms with van der Waals surface area (Å²) in [4.78, 5) is 13.3. The van der Waals surface area contributed by atoms with Crippen LogP contribution in [0.2, 0.25) is 0 Å². The molecule has 1 saturated carbocycles. The number of aromatic carboxylic acids is 1. The van der Waals surface area contributed by atoms with Crippen molar-refractivity contribution in [2.75, 3.05) is 13.6 Å². The van der Waals surface area contributed by atoms with Crippen molar-refractivity contribution in [1.29, 1.82) is 0 Å². The Kier molecular flexibility index (Phi) is 8.30. The average molecular weight is 547 g/mol. The molecule has 5 rings (SSSR count). The lowest BCUT2D eigenvalue weighted by Crippen LogP contribution is -2.34. The Bertz CT molecular complexity index is 1350. The molecule has 3 aromatic rings. The molecule has 1 aromatic heterocycles. The van der Waals surface area contributed by atoms with Crippen LogP contribution in [0.4, 0.5) is 0 Å². The first-order chi connectivity index (χ1) is 18.9. The highest BCUT2D eigenvalue weighted by molar-refractivity contribution is 7.97. The molecule has 0 radical (unpaired) electrons. The molecule has 0 spiro atoms. The number of aromatic nitrogens is 2. The van der Waals surface area contributed by atoms with Gasteiger partial charge in [0.15, 0.2) is 0 Å². The lowest BCUT2D eigenvalue weighted by molar-refractivity contribution is 0.0695. The topological polar surface area (TPSA) is 114 Å². The number of hydrogen-bond acceptors (Lipinski definition) is 7. The molecule has 5 N–H and O–H groups in total. The molecule has 2 aliphatic rings. The summed E-state index contributed by atoms with van der Waals surface area (Å²) in [5.41, 5.74) is 10.8. The number of carboxylic acids is 1. The molecule has 1 aliphatic heterocycles. The normalized spacial score (nSPS) is 21.6. The minimum Gasteiger partial charge on any atom is -0.478 e. The molecule has 39 heavy (non-hydrogen) atoms. The second-order valence-electron chi connectivity index (χ2n) is 10.7. The second-order valence-corrected chi connectivity index (χ2v) is 11.8. The van der Waals surface area contributed by atoms with Gasteiger partial charge in [0, 0.05) is 48.3 Å². The van der Waals surface area contributed by atoms with E-state index in [4.69, 9.17) is 11.6 Å². The summed E-state index contributed by atoms with van der Waals surface area (Å²) in [6.07, 6.45) is 10.2. The molecular weight excluding hydrogens is 508 g/mol. The van der Waals surface area contributed by atoms with Crippen molar-refractivity contribution in [3.63, 3.8) is 0 Å². The van der Waals surface area contributed by atoms with Gasteiger partial charge in [-0.25, -0.2) is 19.6 Å². The van der Waals surface area contributed by atoms with E-state index in [1.165, 1.54) is 48.2 Å². The van der Waals surface area contributed by atoms with Crippen LogP contribution in [0, 0.1) is 5.92 Å². The van der Waals surface area contributed by atoms with Crippen LogP contribution >= 0.6 is 11.9 Å². The van der Waals surface area contributed by atoms with Crippen LogP contribution in [-0.4, -0.2) is 49.8 Å². The van der Waals surface area contributed by atoms with E-state index >= 15 is 0 Å². The first-order valence-corrected chi connectivity index (χ1v) is 14.5. The van der Waals surface area contributed by atoms with Crippen LogP contribution < -0.4 is 11.6 Å². The van der Waals surface area contributed by atoms with Gasteiger partial charge < -0.3 is 15.8 Å². The SMILES string of the molecule is CCCC1CCCCN1Sc1cccc(-c2cccc(-n3ncc(C(=O)O)c3[C@@H]3CC3/C(N)=C/N(C)N)c2)c1. The summed E-state index contributed by atoms with van der Waals surface area (Å²) < 4.78 is 4.33. The van der Waals surface area contributed by atoms with Gasteiger partial charge in [-0.3, -0.25) is 0 Å². The van der Waals surface area contributed by atoms with Gasteiger partial charge >= 0.3 is 5.97 Å². The van der Waals surface area contributed by atoms with Gasteiger partial charge in [0.2, 0.25) is 0 Å². The van der Waals surface area contributed by atoms with E-state index in [0.29, 0.717) is 17.4 Å². The molecule has 2 heterocycles. The molecule has 0 bridgehead atoms. The lowest BCUT2D eigenvalue weighted by atomic mass is 10.0. The zero-order valence-corrected chi connectivity index (χ0v) is 23.5. The number of hydrazine groups is 1. The van der Waals surface area contributed by atoms with Crippen LogP contribution in [-0.2, 0) is 0 Å². The van der Waals surface area contributed by atoms with Gasteiger partial charge in [-0.15, -0.1) is 0 Å². The Balaban J connectivity index is 1.42. The Labute approximate surface area is 234 Å². The number of carboxylic acid groups (broad SMARTS) is 1. The highest BCUT2D eigenvalue weighted by Crippen LogP contribution is 2.52. The van der Waals surface area contributed by atoms with Gasteiger partial charge in [-0.2, -0.15) is 5.10 Å². The molecule has 2 fully saturated rings. The maximum Gasteiger partial charge on any atom is 0.339 e. The summed E-state index contributed by atoms with van der Waals surface area (Å²) in [5, 5.41) is 15.8. The fourth-order valence-corrected chi connectivity index (χ4v) is 6.85. The molecular formula is C30H38N6O2S. The summed E-state index contributed by atoms with van der Waals surface area (Å²) in [5.74, 6) is 4.76. The predicted octanol–water partition coefficient (Wildman–Crippen LogP) is 5.61. The number of rotatable bonds is 10. The Morgan fingerprint density at radius 2 is 1.97 bits per heavy atom. The summed E-state index contributed by atoms with van der Waals surface area (Å²) in [6.45, 7) is 3.40. The number of hydrogen-bond donors (Lipinski definition) is 3. The molecule has 9 heteroatoms. The van der Waals surface area contributed by atoms with E-state index in [1.54, 1.807) is 17.9 Å². The number of nitrogens with two attached hydrogens (primary N) is 2. The van der Waals surface area contributed by atoms with Crippen molar-refractivity contribution in [3.8, 4) is 16.8 Å². The molecule has 0 amide bonds. The summed E-state index contributed by atoms with van der Waals surface area (Å²) in [7, 11) is 1.71. The van der Waals surface area contributed by atoms with Gasteiger partial charge in [0.05, 0.1) is 17.6 Å². The van der Waals surface area contributed by atoms with Gasteiger partial charge in [0.25, 0.3) is 0 Å². The van der Waals surface area contributed by atoms with Crippen LogP contribution in [0.3, 0.4) is 0 Å². The fourth-order valence-electron chi connectivity index (χ4n) is 5.68. The minimum absolute atomic E-state index is 0.0289. The summed E-state index contributed by atoms with van der Waals surface area (Å²) in [6, 6.07) is 17.5. The van der Waals surface area contributed by atoms with E-state index in [-0.39, 0.29) is 17.4 Å². The zero-order valence-electron chi connectivity index (χ0n) is 22.7. The third kappa shape index (κ3) is 6.16. The minimum atomic E-state index is -0.986. The molecule has 3 atom stereocenters. The van der Waals surface area contributed by atoms with Gasteiger partial charge in [0.1, 0.15) is 5.56 Å². The second kappa shape index (κ2) is 11.9. The molecule has 1 aliphatic carbocycles. The first kappa shape index (κ1) is 27.3. The maximum absolute atomic E-state index is 12.1. The van der Waals surface area contributed by atoms with Crippen LogP contribution in [0.1, 0.15) is 67.4 Å². The van der Waals surface area contributed by atoms with E-state index in [1.807, 2.05) is 24.1 Å². The van der Waals surface area contributed by atoms with E-state index in [9.17, 15) is 9.90 Å². The number of benzene rings is 2. The first-order valence-electron chi connectivity index (χ1n) is 13.8. The molecule has 8 nitrogen and oxygen atoms in total. The van der Waals surface area contributed by atoms with Crippen LogP contribution in [0.5, 0.6) is 0 Å². The molecule has 1 saturated heterocycles. The van der Waals surface area contributed by atoms with Crippen molar-refractivity contribution in [1.82, 2.24) is 19.1 Å². The van der Waals surface area contributed by atoms with Crippen molar-refractivity contribution in [2.24, 2.45) is 17.5 Å². The average Bonchev–Trinajstić information content (AvgIpc) is 3.59. The Morgan fingerprint density at radius 3 is 2.72 bits per heavy atom. The van der Waals surface area contributed by atoms with Crippen molar-refractivity contribution in [3.05, 3.63) is 77.9 Å². The quantitative estimate of drug-likeness (QED) is 0.171. The van der Waals surface area contributed by atoms with Gasteiger partial charge in [-0.05, 0) is 73.0 Å². The monoisotopic (exact) mass is 546 g/mol. The van der Waals surface area contributed by atoms with E-state index < -0.39 is 5.97 Å². The number of allylic oxidation sites excluding steroid dienone is 1. The van der Waals surface area contributed by atoms with Crippen molar-refractivity contribution >= 4 is 17.9 Å². The highest BCUT2D eigenvalue weighted by atomic mass is 32.2. The fraction of sp³-hybridized carbons (Fsp3) is 0.400. The highest BCUT2D eigenvalue weighted by Gasteiger charge is 2.45. The smallest absolute Gasteiger partial charge is 0.339 e. The van der Waals surface area contributed by atoms with Crippen molar-refractivity contribution in [2.45, 2.75) is 62.3 Å². The molecule has 2 aromatic carbocycles. The van der Waals surface area contributed by atoms with Crippen LogP contribution in [0.15, 0.2) is 71.5 Å². The third-order valence-electron chi connectivity index (χ3n) is 7.64.